The average Bonchev–Trinajstić information content (AvgIpc) is 2.35. The van der Waals surface area contributed by atoms with Crippen LogP contribution in [0.5, 0.6) is 0 Å². The summed E-state index contributed by atoms with van der Waals surface area (Å²) in [4.78, 5) is 22.5. The molecule has 0 aliphatic rings. The van der Waals surface area contributed by atoms with E-state index in [-0.39, 0.29) is 11.8 Å². The van der Waals surface area contributed by atoms with Crippen LogP contribution in [0, 0.1) is 0 Å². The normalized spacial score (nSPS) is 11.1. The van der Waals surface area contributed by atoms with Gasteiger partial charge in [0.2, 0.25) is 0 Å². The average molecular weight is 246 g/mol. The lowest BCUT2D eigenvalue weighted by molar-refractivity contribution is -0.143. The maximum atomic E-state index is 11.3. The molecular formula is C15H18O3. The van der Waals surface area contributed by atoms with Crippen LogP contribution in [0.2, 0.25) is 0 Å². The largest absolute Gasteiger partial charge is 0.466 e. The fourth-order valence-corrected chi connectivity index (χ4v) is 1.67. The van der Waals surface area contributed by atoms with E-state index in [2.05, 4.69) is 0 Å². The summed E-state index contributed by atoms with van der Waals surface area (Å²) in [7, 11) is 0. The Morgan fingerprint density at radius 1 is 1.17 bits per heavy atom. The fourth-order valence-electron chi connectivity index (χ4n) is 1.67. The van der Waals surface area contributed by atoms with Crippen molar-refractivity contribution in [2.24, 2.45) is 0 Å². The minimum atomic E-state index is -0.233. The van der Waals surface area contributed by atoms with Crippen molar-refractivity contribution in [2.45, 2.75) is 26.7 Å². The number of hydrogen-bond donors (Lipinski definition) is 0. The predicted molar refractivity (Wildman–Crippen MR) is 71.0 cm³/mol. The molecule has 0 spiro atoms. The molecule has 3 nitrogen and oxygen atoms in total. The van der Waals surface area contributed by atoms with E-state index in [0.29, 0.717) is 19.4 Å². The maximum Gasteiger partial charge on any atom is 0.306 e. The van der Waals surface area contributed by atoms with Crippen molar-refractivity contribution in [1.29, 1.82) is 0 Å². The van der Waals surface area contributed by atoms with Crippen LogP contribution in [0.4, 0.5) is 0 Å². The molecule has 1 aromatic rings. The Bertz CT molecular complexity index is 432. The van der Waals surface area contributed by atoms with E-state index >= 15 is 0 Å². The molecule has 0 aliphatic carbocycles. The molecule has 0 atom stereocenters. The van der Waals surface area contributed by atoms with E-state index < -0.39 is 0 Å². The van der Waals surface area contributed by atoms with E-state index in [1.54, 1.807) is 13.0 Å². The van der Waals surface area contributed by atoms with Gasteiger partial charge in [-0.05, 0) is 37.5 Å². The van der Waals surface area contributed by atoms with Crippen LogP contribution >= 0.6 is 0 Å². The highest BCUT2D eigenvalue weighted by Gasteiger charge is 2.07. The number of ether oxygens (including phenoxy) is 1. The lowest BCUT2D eigenvalue weighted by Gasteiger charge is -2.07. The molecule has 0 aromatic heterocycles. The second-order valence-electron chi connectivity index (χ2n) is 3.95. The zero-order valence-corrected chi connectivity index (χ0v) is 10.8. The third-order valence-electron chi connectivity index (χ3n) is 2.43. The van der Waals surface area contributed by atoms with Gasteiger partial charge in [0.05, 0.1) is 6.61 Å². The Balaban J connectivity index is 2.75. The molecule has 0 heterocycles. The van der Waals surface area contributed by atoms with Gasteiger partial charge in [-0.1, -0.05) is 30.3 Å². The molecule has 0 saturated carbocycles. The highest BCUT2D eigenvalue weighted by molar-refractivity contribution is 5.95. The molecule has 0 saturated heterocycles. The van der Waals surface area contributed by atoms with Crippen molar-refractivity contribution in [2.75, 3.05) is 6.61 Å². The summed E-state index contributed by atoms with van der Waals surface area (Å²) in [5.41, 5.74) is 1.84. The molecule has 0 aliphatic heterocycles. The van der Waals surface area contributed by atoms with Gasteiger partial charge in [0.15, 0.2) is 5.78 Å². The van der Waals surface area contributed by atoms with Crippen LogP contribution in [-0.2, 0) is 14.3 Å². The molecule has 0 unspecified atom stereocenters. The highest BCUT2D eigenvalue weighted by Crippen LogP contribution is 2.20. The van der Waals surface area contributed by atoms with Crippen molar-refractivity contribution in [3.8, 4) is 0 Å². The zero-order chi connectivity index (χ0) is 13.4. The molecule has 18 heavy (non-hydrogen) atoms. The summed E-state index contributed by atoms with van der Waals surface area (Å²) < 4.78 is 4.88. The topological polar surface area (TPSA) is 43.4 Å². The minimum absolute atomic E-state index is 0.0160. The van der Waals surface area contributed by atoms with Gasteiger partial charge in [-0.2, -0.15) is 0 Å². The summed E-state index contributed by atoms with van der Waals surface area (Å²) in [6.07, 6.45) is 2.39. The number of ketones is 1. The summed E-state index contributed by atoms with van der Waals surface area (Å²) >= 11 is 0. The fraction of sp³-hybridized carbons (Fsp3) is 0.333. The van der Waals surface area contributed by atoms with Crippen molar-refractivity contribution in [1.82, 2.24) is 0 Å². The summed E-state index contributed by atoms with van der Waals surface area (Å²) in [5, 5.41) is 0. The third-order valence-corrected chi connectivity index (χ3v) is 2.43. The predicted octanol–water partition coefficient (Wildman–Crippen LogP) is 3.00. The van der Waals surface area contributed by atoms with Gasteiger partial charge in [0, 0.05) is 6.42 Å². The summed E-state index contributed by atoms with van der Waals surface area (Å²) in [6.45, 7) is 3.67. The van der Waals surface area contributed by atoms with Crippen molar-refractivity contribution in [3.63, 3.8) is 0 Å². The first-order valence-corrected chi connectivity index (χ1v) is 6.05. The van der Waals surface area contributed by atoms with Crippen LogP contribution < -0.4 is 0 Å². The van der Waals surface area contributed by atoms with Crippen LogP contribution in [-0.4, -0.2) is 18.4 Å². The Morgan fingerprint density at radius 2 is 1.83 bits per heavy atom. The molecule has 0 N–H and O–H groups in total. The molecule has 0 bridgehead atoms. The number of allylic oxidation sites excluding steroid dienone is 2. The van der Waals surface area contributed by atoms with Crippen LogP contribution in [0.3, 0.4) is 0 Å². The van der Waals surface area contributed by atoms with Gasteiger partial charge in [-0.25, -0.2) is 0 Å². The third kappa shape index (κ3) is 4.95. The number of rotatable bonds is 6. The highest BCUT2D eigenvalue weighted by atomic mass is 16.5. The lowest BCUT2D eigenvalue weighted by atomic mass is 10.00. The monoisotopic (exact) mass is 246 g/mol. The smallest absolute Gasteiger partial charge is 0.306 e. The molecule has 3 heteroatoms. The number of carbonyl (C=O) groups excluding carboxylic acids is 2. The summed E-state index contributed by atoms with van der Waals surface area (Å²) in [6, 6.07) is 9.60. The lowest BCUT2D eigenvalue weighted by Crippen LogP contribution is -2.04. The molecule has 1 rings (SSSR count). The molecular weight excluding hydrogens is 228 g/mol. The summed E-state index contributed by atoms with van der Waals surface area (Å²) in [5.74, 6) is -0.249. The van der Waals surface area contributed by atoms with Crippen LogP contribution in [0.15, 0.2) is 36.4 Å². The quantitative estimate of drug-likeness (QED) is 0.572. The number of hydrogen-bond acceptors (Lipinski definition) is 3. The Morgan fingerprint density at radius 3 is 2.39 bits per heavy atom. The van der Waals surface area contributed by atoms with E-state index in [1.807, 2.05) is 30.3 Å². The van der Waals surface area contributed by atoms with Crippen molar-refractivity contribution >= 4 is 17.3 Å². The first-order chi connectivity index (χ1) is 8.63. The standard InChI is InChI=1S/C15H18O3/c1-3-18-15(17)10-9-14(11-12(2)16)13-7-5-4-6-8-13/h4-8,11H,3,9-10H2,1-2H3/b14-11-. The maximum absolute atomic E-state index is 11.3. The molecule has 0 amide bonds. The first-order valence-electron chi connectivity index (χ1n) is 6.05. The number of carbonyl (C=O) groups is 2. The second-order valence-corrected chi connectivity index (χ2v) is 3.95. The number of benzene rings is 1. The van der Waals surface area contributed by atoms with E-state index in [0.717, 1.165) is 11.1 Å². The van der Waals surface area contributed by atoms with E-state index in [4.69, 9.17) is 4.74 Å². The molecule has 96 valence electrons. The molecule has 1 aromatic carbocycles. The first kappa shape index (κ1) is 14.2. The van der Waals surface area contributed by atoms with E-state index in [1.165, 1.54) is 6.92 Å². The van der Waals surface area contributed by atoms with Gasteiger partial charge in [0.25, 0.3) is 0 Å². The Kier molecular flexibility index (Phi) is 5.85. The van der Waals surface area contributed by atoms with Gasteiger partial charge < -0.3 is 4.74 Å². The van der Waals surface area contributed by atoms with Gasteiger partial charge >= 0.3 is 5.97 Å². The van der Waals surface area contributed by atoms with Crippen molar-refractivity contribution in [3.05, 3.63) is 42.0 Å². The van der Waals surface area contributed by atoms with Crippen molar-refractivity contribution < 1.29 is 14.3 Å². The Hall–Kier alpha value is -1.90. The molecule has 0 radical (unpaired) electrons. The van der Waals surface area contributed by atoms with Gasteiger partial charge in [0.1, 0.15) is 0 Å². The second kappa shape index (κ2) is 7.43. The number of esters is 1. The van der Waals surface area contributed by atoms with Gasteiger partial charge in [-0.3, -0.25) is 9.59 Å². The SMILES string of the molecule is CCOC(=O)CC/C(=C/C(C)=O)c1ccccc1. The van der Waals surface area contributed by atoms with E-state index in [9.17, 15) is 9.59 Å². The van der Waals surface area contributed by atoms with Crippen LogP contribution in [0.1, 0.15) is 32.3 Å². The minimum Gasteiger partial charge on any atom is -0.466 e. The Labute approximate surface area is 107 Å². The van der Waals surface area contributed by atoms with Crippen LogP contribution in [0.25, 0.3) is 5.57 Å². The van der Waals surface area contributed by atoms with Gasteiger partial charge in [-0.15, -0.1) is 0 Å². The zero-order valence-electron chi connectivity index (χ0n) is 10.8. The molecule has 0 fully saturated rings.